The van der Waals surface area contributed by atoms with E-state index >= 15 is 0 Å². The molecule has 0 spiro atoms. The molecule has 1 aromatic carbocycles. The molecule has 10 heteroatoms. The summed E-state index contributed by atoms with van der Waals surface area (Å²) in [6, 6.07) is 2.92. The number of benzene rings is 1. The van der Waals surface area contributed by atoms with E-state index in [2.05, 4.69) is 10.3 Å². The van der Waals surface area contributed by atoms with Crippen molar-refractivity contribution in [2.24, 2.45) is 0 Å². The van der Waals surface area contributed by atoms with Gasteiger partial charge in [-0.15, -0.1) is 11.3 Å². The Labute approximate surface area is 139 Å². The quantitative estimate of drug-likeness (QED) is 0.502. The maximum absolute atomic E-state index is 13.3. The van der Waals surface area contributed by atoms with E-state index in [0.717, 1.165) is 23.5 Å². The predicted molar refractivity (Wildman–Crippen MR) is 83.4 cm³/mol. The van der Waals surface area contributed by atoms with E-state index in [9.17, 15) is 24.1 Å². The molecule has 0 bridgehead atoms. The summed E-state index contributed by atoms with van der Waals surface area (Å²) < 4.78 is 18.3. The molecule has 126 valence electrons. The number of rotatable bonds is 5. The van der Waals surface area contributed by atoms with Gasteiger partial charge in [-0.05, 0) is 26.0 Å². The summed E-state index contributed by atoms with van der Waals surface area (Å²) >= 11 is 1.09. The average Bonchev–Trinajstić information content (AvgIpc) is 2.95. The highest BCUT2D eigenvalue weighted by Gasteiger charge is 2.22. The van der Waals surface area contributed by atoms with E-state index in [0.29, 0.717) is 5.69 Å². The molecule has 24 heavy (non-hydrogen) atoms. The molecule has 1 aromatic heterocycles. The first-order valence-electron chi connectivity index (χ1n) is 6.65. The normalized spacial score (nSPS) is 11.6. The molecule has 0 saturated carbocycles. The summed E-state index contributed by atoms with van der Waals surface area (Å²) in [7, 11) is 0. The Balaban J connectivity index is 2.04. The van der Waals surface area contributed by atoms with Crippen molar-refractivity contribution in [2.75, 3.05) is 5.32 Å². The van der Waals surface area contributed by atoms with E-state index in [1.807, 2.05) is 0 Å². The Morgan fingerprint density at radius 1 is 1.46 bits per heavy atom. The number of hydrogen-bond donors (Lipinski definition) is 1. The summed E-state index contributed by atoms with van der Waals surface area (Å²) in [5.74, 6) is -2.41. The fourth-order valence-electron chi connectivity index (χ4n) is 1.74. The van der Waals surface area contributed by atoms with Crippen LogP contribution in [0, 0.1) is 22.9 Å². The summed E-state index contributed by atoms with van der Waals surface area (Å²) in [6.07, 6.45) is -1.15. The van der Waals surface area contributed by atoms with Gasteiger partial charge in [0.15, 0.2) is 6.10 Å². The van der Waals surface area contributed by atoms with E-state index < -0.39 is 34.4 Å². The van der Waals surface area contributed by atoms with E-state index in [1.54, 1.807) is 6.92 Å². The van der Waals surface area contributed by atoms with Gasteiger partial charge >= 0.3 is 11.7 Å². The molecule has 0 saturated heterocycles. The number of thiazole rings is 1. The first-order valence-corrected chi connectivity index (χ1v) is 7.53. The number of anilines is 1. The van der Waals surface area contributed by atoms with Gasteiger partial charge in [-0.3, -0.25) is 14.9 Å². The number of amides is 1. The van der Waals surface area contributed by atoms with E-state index in [-0.39, 0.29) is 10.6 Å². The van der Waals surface area contributed by atoms with Gasteiger partial charge in [0.05, 0.1) is 16.1 Å². The molecule has 8 nitrogen and oxygen atoms in total. The number of aromatic nitrogens is 1. The summed E-state index contributed by atoms with van der Waals surface area (Å²) in [5.41, 5.74) is 1.23. The number of halogens is 1. The van der Waals surface area contributed by atoms with Gasteiger partial charge in [0.1, 0.15) is 4.88 Å². The molecule has 1 atom stereocenters. The third-order valence-corrected chi connectivity index (χ3v) is 3.90. The van der Waals surface area contributed by atoms with Crippen molar-refractivity contribution >= 4 is 34.6 Å². The molecule has 1 N–H and O–H groups in total. The van der Waals surface area contributed by atoms with Crippen LogP contribution in [0.15, 0.2) is 23.7 Å². The Hall–Kier alpha value is -2.88. The zero-order valence-electron chi connectivity index (χ0n) is 12.6. The summed E-state index contributed by atoms with van der Waals surface area (Å²) in [5, 5.41) is 13.0. The predicted octanol–water partition coefficient (Wildman–Crippen LogP) is 2.68. The Bertz CT molecular complexity index is 807. The lowest BCUT2D eigenvalue weighted by atomic mass is 10.2. The molecule has 2 aromatic rings. The number of nitro groups is 1. The molecule has 1 unspecified atom stereocenters. The molecule has 0 aliphatic carbocycles. The lowest BCUT2D eigenvalue weighted by Crippen LogP contribution is -2.30. The molecule has 1 heterocycles. The maximum Gasteiger partial charge on any atom is 0.351 e. The molecule has 1 amide bonds. The fraction of sp³-hybridized carbons (Fsp3) is 0.214. The standard InChI is InChI=1S/C14H12FN3O5S/c1-7-12(24-6-16-7)14(20)23-8(2)13(19)17-9-3-4-10(15)11(5-9)18(21)22/h3-6,8H,1-2H3,(H,17,19). The summed E-state index contributed by atoms with van der Waals surface area (Å²) in [4.78, 5) is 37.9. The largest absolute Gasteiger partial charge is 0.448 e. The SMILES string of the molecule is Cc1ncsc1C(=O)OC(C)C(=O)Nc1ccc(F)c([N+](=O)[O-])c1. The van der Waals surface area contributed by atoms with Gasteiger partial charge in [-0.25, -0.2) is 9.78 Å². The van der Waals surface area contributed by atoms with Gasteiger partial charge < -0.3 is 10.1 Å². The lowest BCUT2D eigenvalue weighted by Gasteiger charge is -2.13. The van der Waals surface area contributed by atoms with Crippen LogP contribution in [0.2, 0.25) is 0 Å². The van der Waals surface area contributed by atoms with Crippen molar-refractivity contribution in [3.63, 3.8) is 0 Å². The number of aryl methyl sites for hydroxylation is 1. The van der Waals surface area contributed by atoms with Crippen LogP contribution in [-0.2, 0) is 9.53 Å². The van der Waals surface area contributed by atoms with Crippen LogP contribution in [-0.4, -0.2) is 27.9 Å². The van der Waals surface area contributed by atoms with Crippen LogP contribution in [0.4, 0.5) is 15.8 Å². The fourth-order valence-corrected chi connectivity index (χ4v) is 2.42. The number of nitrogens with one attached hydrogen (secondary N) is 1. The molecule has 2 rings (SSSR count). The average molecular weight is 353 g/mol. The number of nitrogens with zero attached hydrogens (tertiary/aromatic N) is 2. The second kappa shape index (κ2) is 7.13. The van der Waals surface area contributed by atoms with Crippen LogP contribution in [0.25, 0.3) is 0 Å². The molecule has 0 radical (unpaired) electrons. The van der Waals surface area contributed by atoms with Crippen LogP contribution in [0.1, 0.15) is 22.3 Å². The highest BCUT2D eigenvalue weighted by Crippen LogP contribution is 2.22. The summed E-state index contributed by atoms with van der Waals surface area (Å²) in [6.45, 7) is 2.98. The topological polar surface area (TPSA) is 111 Å². The Kier molecular flexibility index (Phi) is 5.19. The van der Waals surface area contributed by atoms with Crippen LogP contribution >= 0.6 is 11.3 Å². The minimum absolute atomic E-state index is 0.0185. The van der Waals surface area contributed by atoms with Crippen molar-refractivity contribution < 1.29 is 23.6 Å². The minimum Gasteiger partial charge on any atom is -0.448 e. The van der Waals surface area contributed by atoms with Crippen molar-refractivity contribution in [2.45, 2.75) is 20.0 Å². The van der Waals surface area contributed by atoms with Gasteiger partial charge in [0.25, 0.3) is 5.91 Å². The Morgan fingerprint density at radius 2 is 2.17 bits per heavy atom. The molecule has 0 fully saturated rings. The number of esters is 1. The smallest absolute Gasteiger partial charge is 0.351 e. The first kappa shape index (κ1) is 17.5. The maximum atomic E-state index is 13.3. The zero-order valence-corrected chi connectivity index (χ0v) is 13.4. The third-order valence-electron chi connectivity index (χ3n) is 2.99. The lowest BCUT2D eigenvalue weighted by molar-refractivity contribution is -0.387. The third kappa shape index (κ3) is 3.90. The number of nitro benzene ring substituents is 1. The van der Waals surface area contributed by atoms with Gasteiger partial charge in [0.2, 0.25) is 5.82 Å². The molecular formula is C14H12FN3O5S. The van der Waals surface area contributed by atoms with Crippen molar-refractivity contribution in [3.8, 4) is 0 Å². The van der Waals surface area contributed by atoms with Crippen molar-refractivity contribution in [1.29, 1.82) is 0 Å². The van der Waals surface area contributed by atoms with Gasteiger partial charge in [0, 0.05) is 11.8 Å². The number of carbonyl (C=O) groups is 2. The molecule has 0 aliphatic rings. The van der Waals surface area contributed by atoms with Crippen LogP contribution in [0.3, 0.4) is 0 Å². The number of ether oxygens (including phenoxy) is 1. The van der Waals surface area contributed by atoms with E-state index in [1.165, 1.54) is 18.5 Å². The van der Waals surface area contributed by atoms with Gasteiger partial charge in [-0.2, -0.15) is 4.39 Å². The number of carbonyl (C=O) groups excluding carboxylic acids is 2. The second-order valence-corrected chi connectivity index (χ2v) is 5.58. The van der Waals surface area contributed by atoms with Crippen LogP contribution in [0.5, 0.6) is 0 Å². The van der Waals surface area contributed by atoms with Crippen molar-refractivity contribution in [1.82, 2.24) is 4.98 Å². The first-order chi connectivity index (χ1) is 11.3. The molecular weight excluding hydrogens is 341 g/mol. The van der Waals surface area contributed by atoms with Crippen LogP contribution < -0.4 is 5.32 Å². The van der Waals surface area contributed by atoms with E-state index in [4.69, 9.17) is 4.74 Å². The zero-order chi connectivity index (χ0) is 17.9. The minimum atomic E-state index is -1.15. The molecule has 0 aliphatic heterocycles. The second-order valence-electron chi connectivity index (χ2n) is 4.73. The highest BCUT2D eigenvalue weighted by atomic mass is 32.1. The monoisotopic (exact) mass is 353 g/mol. The number of hydrogen-bond acceptors (Lipinski definition) is 7. The van der Waals surface area contributed by atoms with Crippen molar-refractivity contribution in [3.05, 3.63) is 50.2 Å². The Morgan fingerprint density at radius 3 is 2.75 bits per heavy atom. The highest BCUT2D eigenvalue weighted by molar-refractivity contribution is 7.11. The van der Waals surface area contributed by atoms with Gasteiger partial charge in [-0.1, -0.05) is 0 Å².